The third kappa shape index (κ3) is 4.92. The monoisotopic (exact) mass is 343 g/mol. The van der Waals surface area contributed by atoms with Gasteiger partial charge < -0.3 is 10.1 Å². The molecule has 2 aromatic carbocycles. The first-order valence-electron chi connectivity index (χ1n) is 8.58. The Hall–Kier alpha value is -3.16. The van der Waals surface area contributed by atoms with Gasteiger partial charge in [-0.3, -0.25) is 4.98 Å². The van der Waals surface area contributed by atoms with Crippen LogP contribution >= 0.6 is 0 Å². The van der Waals surface area contributed by atoms with Crippen molar-refractivity contribution in [2.24, 2.45) is 0 Å². The topological polar surface area (TPSA) is 57.9 Å². The van der Waals surface area contributed by atoms with Crippen molar-refractivity contribution >= 4 is 0 Å². The lowest BCUT2D eigenvalue weighted by Gasteiger charge is -2.14. The fourth-order valence-corrected chi connectivity index (χ4v) is 2.66. The van der Waals surface area contributed by atoms with Gasteiger partial charge in [-0.15, -0.1) is 0 Å². The predicted octanol–water partition coefficient (Wildman–Crippen LogP) is 4.38. The summed E-state index contributed by atoms with van der Waals surface area (Å²) in [7, 11) is 0. The van der Waals surface area contributed by atoms with Crippen LogP contribution < -0.4 is 10.1 Å². The Morgan fingerprint density at radius 3 is 2.73 bits per heavy atom. The quantitative estimate of drug-likeness (QED) is 0.691. The Bertz CT molecular complexity index is 887. The molecule has 1 atom stereocenters. The fraction of sp³-hybridized carbons (Fsp3) is 0.182. The van der Waals surface area contributed by atoms with Crippen molar-refractivity contribution in [3.05, 3.63) is 95.3 Å². The zero-order valence-electron chi connectivity index (χ0n) is 14.7. The summed E-state index contributed by atoms with van der Waals surface area (Å²) in [6.45, 7) is 3.31. The zero-order chi connectivity index (χ0) is 18.2. The third-order valence-corrected chi connectivity index (χ3v) is 4.16. The molecule has 0 bridgehead atoms. The number of hydrogen-bond acceptors (Lipinski definition) is 4. The largest absolute Gasteiger partial charge is 0.489 e. The van der Waals surface area contributed by atoms with E-state index in [1.165, 1.54) is 0 Å². The minimum atomic E-state index is 0.224. The van der Waals surface area contributed by atoms with E-state index in [2.05, 4.69) is 35.4 Å². The molecule has 0 spiro atoms. The number of benzene rings is 2. The molecule has 0 aliphatic rings. The molecule has 1 aromatic heterocycles. The number of ether oxygens (including phenoxy) is 1. The van der Waals surface area contributed by atoms with Gasteiger partial charge in [0.1, 0.15) is 12.4 Å². The molecule has 0 unspecified atom stereocenters. The highest BCUT2D eigenvalue weighted by molar-refractivity contribution is 5.33. The van der Waals surface area contributed by atoms with Crippen LogP contribution in [0.25, 0.3) is 0 Å². The Morgan fingerprint density at radius 2 is 1.92 bits per heavy atom. The van der Waals surface area contributed by atoms with Crippen molar-refractivity contribution in [1.29, 1.82) is 5.26 Å². The summed E-state index contributed by atoms with van der Waals surface area (Å²) in [5.41, 5.74) is 3.95. The van der Waals surface area contributed by atoms with Gasteiger partial charge in [0.15, 0.2) is 0 Å². The highest BCUT2D eigenvalue weighted by atomic mass is 16.5. The Balaban J connectivity index is 1.57. The van der Waals surface area contributed by atoms with E-state index in [0.29, 0.717) is 12.2 Å². The average Bonchev–Trinajstić information content (AvgIpc) is 2.71. The highest BCUT2D eigenvalue weighted by Gasteiger charge is 2.05. The highest BCUT2D eigenvalue weighted by Crippen LogP contribution is 2.17. The van der Waals surface area contributed by atoms with E-state index in [9.17, 15) is 0 Å². The number of nitriles is 1. The minimum absolute atomic E-state index is 0.224. The molecule has 0 fully saturated rings. The summed E-state index contributed by atoms with van der Waals surface area (Å²) < 4.78 is 5.88. The smallest absolute Gasteiger partial charge is 0.120 e. The maximum atomic E-state index is 8.97. The average molecular weight is 343 g/mol. The Kier molecular flexibility index (Phi) is 5.97. The number of nitrogens with zero attached hydrogens (tertiary/aromatic N) is 2. The van der Waals surface area contributed by atoms with Crippen LogP contribution in [-0.2, 0) is 13.2 Å². The molecule has 3 aromatic rings. The maximum absolute atomic E-state index is 8.97. The van der Waals surface area contributed by atoms with Crippen molar-refractivity contribution in [3.63, 3.8) is 0 Å². The number of aromatic nitrogens is 1. The normalized spacial score (nSPS) is 11.5. The number of nitrogens with one attached hydrogen (secondary N) is 1. The number of pyridine rings is 1. The molecule has 0 saturated heterocycles. The van der Waals surface area contributed by atoms with Crippen LogP contribution in [0.4, 0.5) is 0 Å². The van der Waals surface area contributed by atoms with Gasteiger partial charge in [0, 0.05) is 25.0 Å². The number of rotatable bonds is 7. The molecule has 0 saturated carbocycles. The standard InChI is InChI=1S/C22H21N3O/c1-17(21-8-4-10-24-15-21)25-14-19-6-3-9-22(12-19)26-16-20-7-2-5-18(11-20)13-23/h2-12,15,17,25H,14,16H2,1H3/t17-/m1/s1. The zero-order valence-corrected chi connectivity index (χ0v) is 14.7. The van der Waals surface area contributed by atoms with E-state index >= 15 is 0 Å². The molecular weight excluding hydrogens is 322 g/mol. The molecule has 26 heavy (non-hydrogen) atoms. The van der Waals surface area contributed by atoms with Crippen molar-refractivity contribution in [1.82, 2.24) is 10.3 Å². The van der Waals surface area contributed by atoms with Crippen LogP contribution in [-0.4, -0.2) is 4.98 Å². The summed E-state index contributed by atoms with van der Waals surface area (Å²) in [5, 5.41) is 12.5. The molecule has 130 valence electrons. The van der Waals surface area contributed by atoms with Crippen molar-refractivity contribution in [2.75, 3.05) is 0 Å². The Morgan fingerprint density at radius 1 is 1.08 bits per heavy atom. The minimum Gasteiger partial charge on any atom is -0.489 e. The molecule has 1 N–H and O–H groups in total. The van der Waals surface area contributed by atoms with E-state index in [-0.39, 0.29) is 6.04 Å². The van der Waals surface area contributed by atoms with Crippen molar-refractivity contribution < 1.29 is 4.74 Å². The summed E-state index contributed by atoms with van der Waals surface area (Å²) >= 11 is 0. The second-order valence-corrected chi connectivity index (χ2v) is 6.14. The van der Waals surface area contributed by atoms with Crippen LogP contribution in [0.5, 0.6) is 5.75 Å². The molecule has 0 radical (unpaired) electrons. The molecular formula is C22H21N3O. The first kappa shape index (κ1) is 17.7. The van der Waals surface area contributed by atoms with Gasteiger partial charge in [-0.1, -0.05) is 30.3 Å². The van der Waals surface area contributed by atoms with Gasteiger partial charge in [0.2, 0.25) is 0 Å². The van der Waals surface area contributed by atoms with E-state index in [0.717, 1.165) is 29.0 Å². The fourth-order valence-electron chi connectivity index (χ4n) is 2.66. The lowest BCUT2D eigenvalue weighted by molar-refractivity contribution is 0.306. The van der Waals surface area contributed by atoms with E-state index in [1.807, 2.05) is 48.7 Å². The van der Waals surface area contributed by atoms with E-state index in [1.54, 1.807) is 12.3 Å². The van der Waals surface area contributed by atoms with E-state index < -0.39 is 0 Å². The molecule has 4 heteroatoms. The second-order valence-electron chi connectivity index (χ2n) is 6.14. The van der Waals surface area contributed by atoms with Crippen LogP contribution in [0.3, 0.4) is 0 Å². The summed E-state index contributed by atoms with van der Waals surface area (Å²) in [6.07, 6.45) is 3.66. The summed E-state index contributed by atoms with van der Waals surface area (Å²) in [6, 6.07) is 21.9. The lowest BCUT2D eigenvalue weighted by atomic mass is 10.1. The molecule has 3 rings (SSSR count). The molecule has 0 aliphatic carbocycles. The van der Waals surface area contributed by atoms with Gasteiger partial charge in [0.25, 0.3) is 0 Å². The lowest BCUT2D eigenvalue weighted by Crippen LogP contribution is -2.18. The van der Waals surface area contributed by atoms with Gasteiger partial charge >= 0.3 is 0 Å². The van der Waals surface area contributed by atoms with Gasteiger partial charge in [-0.25, -0.2) is 0 Å². The predicted molar refractivity (Wildman–Crippen MR) is 101 cm³/mol. The van der Waals surface area contributed by atoms with Crippen LogP contribution in [0.1, 0.15) is 35.2 Å². The summed E-state index contributed by atoms with van der Waals surface area (Å²) in [4.78, 5) is 4.16. The number of hydrogen-bond donors (Lipinski definition) is 1. The molecule has 0 aliphatic heterocycles. The Labute approximate surface area is 154 Å². The van der Waals surface area contributed by atoms with Crippen molar-refractivity contribution in [3.8, 4) is 11.8 Å². The first-order valence-corrected chi connectivity index (χ1v) is 8.58. The van der Waals surface area contributed by atoms with E-state index in [4.69, 9.17) is 10.00 Å². The van der Waals surface area contributed by atoms with Crippen LogP contribution in [0.2, 0.25) is 0 Å². The summed E-state index contributed by atoms with van der Waals surface area (Å²) in [5.74, 6) is 0.820. The molecule has 1 heterocycles. The SMILES string of the molecule is C[C@@H](NCc1cccc(OCc2cccc(C#N)c2)c1)c1cccnc1. The van der Waals surface area contributed by atoms with Gasteiger partial charge in [0.05, 0.1) is 11.6 Å². The molecule has 4 nitrogen and oxygen atoms in total. The van der Waals surface area contributed by atoms with Crippen LogP contribution in [0.15, 0.2) is 73.1 Å². The van der Waals surface area contributed by atoms with Gasteiger partial charge in [-0.05, 0) is 53.9 Å². The maximum Gasteiger partial charge on any atom is 0.120 e. The molecule has 0 amide bonds. The first-order chi connectivity index (χ1) is 12.7. The van der Waals surface area contributed by atoms with Gasteiger partial charge in [-0.2, -0.15) is 5.26 Å². The second kappa shape index (κ2) is 8.80. The third-order valence-electron chi connectivity index (χ3n) is 4.16. The van der Waals surface area contributed by atoms with Crippen LogP contribution in [0, 0.1) is 11.3 Å². The van der Waals surface area contributed by atoms with Crippen molar-refractivity contribution in [2.45, 2.75) is 26.1 Å².